The van der Waals surface area contributed by atoms with Crippen LogP contribution >= 0.6 is 0 Å². The van der Waals surface area contributed by atoms with Crippen molar-refractivity contribution in [3.63, 3.8) is 0 Å². The van der Waals surface area contributed by atoms with Gasteiger partial charge in [0.15, 0.2) is 0 Å². The van der Waals surface area contributed by atoms with Gasteiger partial charge in [-0.1, -0.05) is 13.0 Å². The Hall–Kier alpha value is -0.340. The Labute approximate surface area is 94.7 Å². The summed E-state index contributed by atoms with van der Waals surface area (Å²) >= 11 is 0. The van der Waals surface area contributed by atoms with Gasteiger partial charge < -0.3 is 10.2 Å². The number of nitrogens with one attached hydrogen (secondary N) is 1. The number of hydrogen-bond acceptors (Lipinski definition) is 2. The van der Waals surface area contributed by atoms with Crippen LogP contribution in [-0.2, 0) is 0 Å². The molecule has 1 heterocycles. The minimum atomic E-state index is 0.584. The molecule has 1 N–H and O–H groups in total. The van der Waals surface area contributed by atoms with Gasteiger partial charge in [-0.05, 0) is 52.2 Å². The second-order valence-electron chi connectivity index (χ2n) is 4.65. The molecule has 88 valence electrons. The summed E-state index contributed by atoms with van der Waals surface area (Å²) < 4.78 is 0. The molecule has 15 heavy (non-hydrogen) atoms. The van der Waals surface area contributed by atoms with Crippen LogP contribution in [0, 0.1) is 0 Å². The molecule has 0 bridgehead atoms. The highest BCUT2D eigenvalue weighted by molar-refractivity contribution is 4.80. The summed E-state index contributed by atoms with van der Waals surface area (Å²) in [7, 11) is 0. The summed E-state index contributed by atoms with van der Waals surface area (Å²) in [6.07, 6.45) is 7.06. The van der Waals surface area contributed by atoms with Gasteiger partial charge in [0.05, 0.1) is 0 Å². The van der Waals surface area contributed by atoms with E-state index in [4.69, 9.17) is 0 Å². The van der Waals surface area contributed by atoms with E-state index in [0.29, 0.717) is 6.04 Å². The van der Waals surface area contributed by atoms with E-state index in [-0.39, 0.29) is 0 Å². The Morgan fingerprint density at radius 3 is 2.93 bits per heavy atom. The largest absolute Gasteiger partial charge is 0.311 e. The Morgan fingerprint density at radius 1 is 1.47 bits per heavy atom. The first kappa shape index (κ1) is 12.7. The normalized spacial score (nSPS) is 25.9. The summed E-state index contributed by atoms with van der Waals surface area (Å²) in [4.78, 5) is 2.56. The summed E-state index contributed by atoms with van der Waals surface area (Å²) in [6.45, 7) is 12.0. The molecular formula is C13H26N2. The maximum Gasteiger partial charge on any atom is 0.00823 e. The molecule has 0 aromatic rings. The predicted molar refractivity (Wildman–Crippen MR) is 67.2 cm³/mol. The average molecular weight is 210 g/mol. The Kier molecular flexibility index (Phi) is 5.96. The van der Waals surface area contributed by atoms with Crippen molar-refractivity contribution in [1.82, 2.24) is 10.2 Å². The predicted octanol–water partition coefficient (Wildman–Crippen LogP) is 2.42. The van der Waals surface area contributed by atoms with Crippen molar-refractivity contribution in [3.8, 4) is 0 Å². The van der Waals surface area contributed by atoms with E-state index in [9.17, 15) is 0 Å². The third-order valence-electron chi connectivity index (χ3n) is 3.31. The van der Waals surface area contributed by atoms with Gasteiger partial charge >= 0.3 is 0 Å². The highest BCUT2D eigenvalue weighted by Gasteiger charge is 2.16. The summed E-state index contributed by atoms with van der Waals surface area (Å²) in [5.74, 6) is 0. The zero-order valence-electron chi connectivity index (χ0n) is 10.3. The van der Waals surface area contributed by atoms with Gasteiger partial charge in [0.1, 0.15) is 0 Å². The molecule has 2 atom stereocenters. The minimum Gasteiger partial charge on any atom is -0.311 e. The van der Waals surface area contributed by atoms with Crippen molar-refractivity contribution in [2.45, 2.75) is 51.6 Å². The topological polar surface area (TPSA) is 15.3 Å². The van der Waals surface area contributed by atoms with Crippen molar-refractivity contribution < 1.29 is 0 Å². The van der Waals surface area contributed by atoms with Crippen molar-refractivity contribution in [2.75, 3.05) is 19.6 Å². The standard InChI is InChI=1S/C13H26N2/c1-4-7-12(3)14-13-8-6-10-15(5-2)11-9-13/h4,12-14H,1,5-11H2,2-3H3. The molecule has 0 aromatic heterocycles. The van der Waals surface area contributed by atoms with E-state index in [1.165, 1.54) is 38.9 Å². The summed E-state index contributed by atoms with van der Waals surface area (Å²) in [5, 5.41) is 3.71. The first-order chi connectivity index (χ1) is 7.26. The zero-order chi connectivity index (χ0) is 11.1. The molecule has 1 rings (SSSR count). The van der Waals surface area contributed by atoms with E-state index < -0.39 is 0 Å². The van der Waals surface area contributed by atoms with E-state index in [1.807, 2.05) is 6.08 Å². The summed E-state index contributed by atoms with van der Waals surface area (Å²) in [5.41, 5.74) is 0. The van der Waals surface area contributed by atoms with E-state index in [1.54, 1.807) is 0 Å². The Bertz CT molecular complexity index is 179. The van der Waals surface area contributed by atoms with Crippen molar-refractivity contribution in [2.24, 2.45) is 0 Å². The number of likely N-dealkylation sites (tertiary alicyclic amines) is 1. The van der Waals surface area contributed by atoms with Crippen molar-refractivity contribution in [1.29, 1.82) is 0 Å². The van der Waals surface area contributed by atoms with E-state index in [2.05, 4.69) is 30.6 Å². The van der Waals surface area contributed by atoms with Crippen molar-refractivity contribution >= 4 is 0 Å². The number of nitrogens with zero attached hydrogens (tertiary/aromatic N) is 1. The van der Waals surface area contributed by atoms with Gasteiger partial charge in [-0.25, -0.2) is 0 Å². The second-order valence-corrected chi connectivity index (χ2v) is 4.65. The van der Waals surface area contributed by atoms with Crippen molar-refractivity contribution in [3.05, 3.63) is 12.7 Å². The van der Waals surface area contributed by atoms with Gasteiger partial charge in [0, 0.05) is 12.1 Å². The lowest BCUT2D eigenvalue weighted by atomic mass is 10.1. The molecule has 1 saturated heterocycles. The average Bonchev–Trinajstić information content (AvgIpc) is 2.43. The van der Waals surface area contributed by atoms with Crippen LogP contribution in [0.15, 0.2) is 12.7 Å². The number of hydrogen-bond donors (Lipinski definition) is 1. The SMILES string of the molecule is C=CCC(C)NC1CCCN(CC)CC1. The van der Waals surface area contributed by atoms with Gasteiger partial charge in [-0.3, -0.25) is 0 Å². The molecule has 2 heteroatoms. The summed E-state index contributed by atoms with van der Waals surface area (Å²) in [6, 6.07) is 1.30. The van der Waals surface area contributed by atoms with Crippen LogP contribution in [0.4, 0.5) is 0 Å². The molecule has 2 unspecified atom stereocenters. The fourth-order valence-electron chi connectivity index (χ4n) is 2.36. The van der Waals surface area contributed by atoms with Crippen LogP contribution in [0.2, 0.25) is 0 Å². The lowest BCUT2D eigenvalue weighted by Crippen LogP contribution is -2.37. The molecule has 0 radical (unpaired) electrons. The van der Waals surface area contributed by atoms with E-state index in [0.717, 1.165) is 12.5 Å². The Balaban J connectivity index is 2.27. The molecule has 0 amide bonds. The molecule has 1 aliphatic heterocycles. The minimum absolute atomic E-state index is 0.584. The van der Waals surface area contributed by atoms with Crippen LogP contribution in [-0.4, -0.2) is 36.6 Å². The fraction of sp³-hybridized carbons (Fsp3) is 0.846. The quantitative estimate of drug-likeness (QED) is 0.701. The van der Waals surface area contributed by atoms with Crippen LogP contribution in [0.1, 0.15) is 39.5 Å². The fourth-order valence-corrected chi connectivity index (χ4v) is 2.36. The molecule has 0 aliphatic carbocycles. The monoisotopic (exact) mass is 210 g/mol. The third kappa shape index (κ3) is 4.80. The molecular weight excluding hydrogens is 184 g/mol. The molecule has 1 fully saturated rings. The maximum atomic E-state index is 3.79. The van der Waals surface area contributed by atoms with Gasteiger partial charge in [0.2, 0.25) is 0 Å². The molecule has 0 saturated carbocycles. The van der Waals surface area contributed by atoms with Gasteiger partial charge in [-0.2, -0.15) is 0 Å². The zero-order valence-corrected chi connectivity index (χ0v) is 10.3. The first-order valence-electron chi connectivity index (χ1n) is 6.35. The maximum absolute atomic E-state index is 3.79. The third-order valence-corrected chi connectivity index (χ3v) is 3.31. The van der Waals surface area contributed by atoms with Gasteiger partial charge in [-0.15, -0.1) is 6.58 Å². The Morgan fingerprint density at radius 2 is 2.27 bits per heavy atom. The highest BCUT2D eigenvalue weighted by atomic mass is 15.1. The lowest BCUT2D eigenvalue weighted by Gasteiger charge is -2.21. The molecule has 1 aliphatic rings. The smallest absolute Gasteiger partial charge is 0.00823 e. The van der Waals surface area contributed by atoms with Crippen LogP contribution < -0.4 is 5.32 Å². The van der Waals surface area contributed by atoms with Gasteiger partial charge in [0.25, 0.3) is 0 Å². The van der Waals surface area contributed by atoms with E-state index >= 15 is 0 Å². The first-order valence-corrected chi connectivity index (χ1v) is 6.35. The number of rotatable bonds is 5. The van der Waals surface area contributed by atoms with Crippen LogP contribution in [0.3, 0.4) is 0 Å². The molecule has 0 aromatic carbocycles. The molecule has 0 spiro atoms. The van der Waals surface area contributed by atoms with Crippen LogP contribution in [0.25, 0.3) is 0 Å². The highest BCUT2D eigenvalue weighted by Crippen LogP contribution is 2.11. The van der Waals surface area contributed by atoms with Crippen LogP contribution in [0.5, 0.6) is 0 Å². The molecule has 2 nitrogen and oxygen atoms in total. The second kappa shape index (κ2) is 7.02. The lowest BCUT2D eigenvalue weighted by molar-refractivity contribution is 0.295.